The standard InChI is InChI=1S/C17H20ClN/c1-11-8-9-15(12(2)10-11)14(4)19-17-7-5-6-16(18)13(17)3/h5-10,14,19H,1-4H3. The van der Waals surface area contributed by atoms with Crippen molar-refractivity contribution in [3.63, 3.8) is 0 Å². The van der Waals surface area contributed by atoms with E-state index in [9.17, 15) is 0 Å². The molecule has 19 heavy (non-hydrogen) atoms. The molecule has 0 saturated carbocycles. The first kappa shape index (κ1) is 14.0. The number of anilines is 1. The molecule has 0 radical (unpaired) electrons. The second kappa shape index (κ2) is 5.66. The second-order valence-corrected chi connectivity index (χ2v) is 5.55. The van der Waals surface area contributed by atoms with Crippen LogP contribution < -0.4 is 5.32 Å². The Hall–Kier alpha value is -1.47. The number of hydrogen-bond donors (Lipinski definition) is 1. The summed E-state index contributed by atoms with van der Waals surface area (Å²) in [6, 6.07) is 12.8. The topological polar surface area (TPSA) is 12.0 Å². The lowest BCUT2D eigenvalue weighted by Gasteiger charge is -2.20. The average Bonchev–Trinajstić information content (AvgIpc) is 2.34. The molecule has 100 valence electrons. The van der Waals surface area contributed by atoms with E-state index in [-0.39, 0.29) is 6.04 Å². The quantitative estimate of drug-likeness (QED) is 0.785. The van der Waals surface area contributed by atoms with Crippen LogP contribution >= 0.6 is 11.6 Å². The molecule has 2 aromatic rings. The van der Waals surface area contributed by atoms with E-state index in [0.29, 0.717) is 0 Å². The normalized spacial score (nSPS) is 12.3. The van der Waals surface area contributed by atoms with Crippen LogP contribution in [0.25, 0.3) is 0 Å². The van der Waals surface area contributed by atoms with Crippen LogP contribution in [-0.2, 0) is 0 Å². The lowest BCUT2D eigenvalue weighted by molar-refractivity contribution is 0.871. The SMILES string of the molecule is Cc1ccc(C(C)Nc2cccc(Cl)c2C)c(C)c1. The van der Waals surface area contributed by atoms with E-state index >= 15 is 0 Å². The van der Waals surface area contributed by atoms with Gasteiger partial charge in [-0.1, -0.05) is 41.4 Å². The summed E-state index contributed by atoms with van der Waals surface area (Å²) in [6.45, 7) is 8.50. The van der Waals surface area contributed by atoms with E-state index in [0.717, 1.165) is 16.3 Å². The predicted octanol–water partition coefficient (Wildman–Crippen LogP) is 5.44. The summed E-state index contributed by atoms with van der Waals surface area (Å²) in [5, 5.41) is 4.35. The van der Waals surface area contributed by atoms with E-state index < -0.39 is 0 Å². The Labute approximate surface area is 120 Å². The smallest absolute Gasteiger partial charge is 0.0488 e. The molecule has 1 unspecified atom stereocenters. The van der Waals surface area contributed by atoms with Crippen molar-refractivity contribution in [1.82, 2.24) is 0 Å². The van der Waals surface area contributed by atoms with E-state index in [4.69, 9.17) is 11.6 Å². The summed E-state index contributed by atoms with van der Waals surface area (Å²) < 4.78 is 0. The highest BCUT2D eigenvalue weighted by atomic mass is 35.5. The van der Waals surface area contributed by atoms with Crippen LogP contribution in [-0.4, -0.2) is 0 Å². The van der Waals surface area contributed by atoms with Gasteiger partial charge in [-0.3, -0.25) is 0 Å². The van der Waals surface area contributed by atoms with Gasteiger partial charge in [-0.2, -0.15) is 0 Å². The number of benzene rings is 2. The molecule has 2 rings (SSSR count). The molecule has 0 fully saturated rings. The Morgan fingerprint density at radius 1 is 1.05 bits per heavy atom. The number of rotatable bonds is 3. The first-order chi connectivity index (χ1) is 8.99. The van der Waals surface area contributed by atoms with Crippen molar-refractivity contribution in [2.75, 3.05) is 5.32 Å². The Bertz CT molecular complexity index is 590. The van der Waals surface area contributed by atoms with Gasteiger partial charge < -0.3 is 5.32 Å². The van der Waals surface area contributed by atoms with Crippen LogP contribution in [0.2, 0.25) is 5.02 Å². The summed E-state index contributed by atoms with van der Waals surface area (Å²) in [5.74, 6) is 0. The molecule has 0 aliphatic carbocycles. The molecule has 1 atom stereocenters. The van der Waals surface area contributed by atoms with Crippen molar-refractivity contribution >= 4 is 17.3 Å². The summed E-state index contributed by atoms with van der Waals surface area (Å²) in [7, 11) is 0. The summed E-state index contributed by atoms with van der Waals surface area (Å²) >= 11 is 6.16. The first-order valence-corrected chi connectivity index (χ1v) is 6.95. The van der Waals surface area contributed by atoms with Gasteiger partial charge in [0.15, 0.2) is 0 Å². The van der Waals surface area contributed by atoms with Crippen LogP contribution in [0.1, 0.15) is 35.2 Å². The van der Waals surface area contributed by atoms with Gasteiger partial charge in [-0.25, -0.2) is 0 Å². The molecule has 0 amide bonds. The maximum absolute atomic E-state index is 6.16. The largest absolute Gasteiger partial charge is 0.378 e. The predicted molar refractivity (Wildman–Crippen MR) is 84.1 cm³/mol. The van der Waals surface area contributed by atoms with Crippen molar-refractivity contribution in [3.8, 4) is 0 Å². The van der Waals surface area contributed by atoms with Gasteiger partial charge in [0.1, 0.15) is 0 Å². The van der Waals surface area contributed by atoms with Gasteiger partial charge in [0.05, 0.1) is 0 Å². The average molecular weight is 274 g/mol. The van der Waals surface area contributed by atoms with E-state index in [1.54, 1.807) is 0 Å². The molecule has 2 heteroatoms. The number of nitrogens with one attached hydrogen (secondary N) is 1. The van der Waals surface area contributed by atoms with Crippen LogP contribution in [0.15, 0.2) is 36.4 Å². The molecule has 0 spiro atoms. The fourth-order valence-electron chi connectivity index (χ4n) is 2.39. The van der Waals surface area contributed by atoms with Crippen molar-refractivity contribution < 1.29 is 0 Å². The maximum Gasteiger partial charge on any atom is 0.0488 e. The third-order valence-electron chi connectivity index (χ3n) is 3.53. The van der Waals surface area contributed by atoms with E-state index in [1.165, 1.54) is 16.7 Å². The lowest BCUT2D eigenvalue weighted by atomic mass is 10.00. The maximum atomic E-state index is 6.16. The Kier molecular flexibility index (Phi) is 4.16. The number of halogens is 1. The van der Waals surface area contributed by atoms with Crippen molar-refractivity contribution in [2.24, 2.45) is 0 Å². The zero-order chi connectivity index (χ0) is 14.0. The zero-order valence-corrected chi connectivity index (χ0v) is 12.7. The molecular formula is C17H20ClN. The first-order valence-electron chi connectivity index (χ1n) is 6.58. The van der Waals surface area contributed by atoms with Crippen LogP contribution in [0.3, 0.4) is 0 Å². The van der Waals surface area contributed by atoms with Crippen molar-refractivity contribution in [3.05, 3.63) is 63.7 Å². The minimum Gasteiger partial charge on any atom is -0.378 e. The number of aryl methyl sites for hydroxylation is 2. The van der Waals surface area contributed by atoms with Crippen molar-refractivity contribution in [2.45, 2.75) is 33.7 Å². The third kappa shape index (κ3) is 3.10. The molecule has 1 N–H and O–H groups in total. The third-order valence-corrected chi connectivity index (χ3v) is 3.94. The van der Waals surface area contributed by atoms with Crippen LogP contribution in [0.4, 0.5) is 5.69 Å². The molecule has 0 saturated heterocycles. The molecule has 2 aromatic carbocycles. The van der Waals surface area contributed by atoms with E-state index in [2.05, 4.69) is 50.4 Å². The fraction of sp³-hybridized carbons (Fsp3) is 0.294. The van der Waals surface area contributed by atoms with E-state index in [1.807, 2.05) is 19.1 Å². The minimum atomic E-state index is 0.262. The van der Waals surface area contributed by atoms with Gasteiger partial charge in [-0.15, -0.1) is 0 Å². The van der Waals surface area contributed by atoms with Gasteiger partial charge in [0.25, 0.3) is 0 Å². The summed E-state index contributed by atoms with van der Waals surface area (Å²) in [6.07, 6.45) is 0. The summed E-state index contributed by atoms with van der Waals surface area (Å²) in [4.78, 5) is 0. The fourth-order valence-corrected chi connectivity index (χ4v) is 2.56. The second-order valence-electron chi connectivity index (χ2n) is 5.14. The highest BCUT2D eigenvalue weighted by Crippen LogP contribution is 2.28. The number of hydrogen-bond acceptors (Lipinski definition) is 1. The van der Waals surface area contributed by atoms with Crippen LogP contribution in [0.5, 0.6) is 0 Å². The molecule has 1 nitrogen and oxygen atoms in total. The molecule has 0 aromatic heterocycles. The Balaban J connectivity index is 2.25. The highest BCUT2D eigenvalue weighted by molar-refractivity contribution is 6.31. The van der Waals surface area contributed by atoms with Gasteiger partial charge in [0.2, 0.25) is 0 Å². The minimum absolute atomic E-state index is 0.262. The molecule has 0 bridgehead atoms. The van der Waals surface area contributed by atoms with Crippen molar-refractivity contribution in [1.29, 1.82) is 0 Å². The van der Waals surface area contributed by atoms with Gasteiger partial charge in [-0.05, 0) is 56.5 Å². The molecular weight excluding hydrogens is 254 g/mol. The Morgan fingerprint density at radius 3 is 2.47 bits per heavy atom. The molecule has 0 heterocycles. The monoisotopic (exact) mass is 273 g/mol. The highest BCUT2D eigenvalue weighted by Gasteiger charge is 2.10. The van der Waals surface area contributed by atoms with Gasteiger partial charge >= 0.3 is 0 Å². The molecule has 0 aliphatic heterocycles. The Morgan fingerprint density at radius 2 is 1.79 bits per heavy atom. The summed E-state index contributed by atoms with van der Waals surface area (Å²) in [5.41, 5.74) is 6.14. The lowest BCUT2D eigenvalue weighted by Crippen LogP contribution is -2.09. The van der Waals surface area contributed by atoms with Gasteiger partial charge in [0, 0.05) is 16.8 Å². The molecule has 0 aliphatic rings. The van der Waals surface area contributed by atoms with Crippen LogP contribution in [0, 0.1) is 20.8 Å². The zero-order valence-electron chi connectivity index (χ0n) is 11.9.